The topological polar surface area (TPSA) is 64.9 Å². The molecular weight excluding hydrogens is 270 g/mol. The van der Waals surface area contributed by atoms with Gasteiger partial charge < -0.3 is 10.3 Å². The molecule has 1 atom stereocenters. The minimum Gasteiger partial charge on any atom is -0.339 e. The monoisotopic (exact) mass is 291 g/mol. The first-order chi connectivity index (χ1) is 9.71. The fraction of sp³-hybridized carbons (Fsp3) is 0.467. The van der Waals surface area contributed by atoms with E-state index in [1.54, 1.807) is 11.8 Å². The van der Waals surface area contributed by atoms with Gasteiger partial charge in [0.2, 0.25) is 5.89 Å². The Balaban J connectivity index is 1.89. The normalized spacial score (nSPS) is 12.6. The van der Waals surface area contributed by atoms with Gasteiger partial charge in [0.05, 0.1) is 5.75 Å². The average Bonchev–Trinajstić information content (AvgIpc) is 2.90. The summed E-state index contributed by atoms with van der Waals surface area (Å²) in [5.41, 5.74) is 6.95. The van der Waals surface area contributed by atoms with Crippen molar-refractivity contribution in [3.05, 3.63) is 41.5 Å². The molecule has 1 aromatic carbocycles. The van der Waals surface area contributed by atoms with Gasteiger partial charge in [0.1, 0.15) is 0 Å². The van der Waals surface area contributed by atoms with Crippen LogP contribution in [-0.4, -0.2) is 16.7 Å². The van der Waals surface area contributed by atoms with Gasteiger partial charge in [-0.25, -0.2) is 0 Å². The van der Waals surface area contributed by atoms with E-state index in [1.807, 2.05) is 0 Å². The van der Waals surface area contributed by atoms with Crippen molar-refractivity contribution in [2.24, 2.45) is 11.7 Å². The molecule has 1 unspecified atom stereocenters. The molecule has 0 bridgehead atoms. The quantitative estimate of drug-likeness (QED) is 0.794. The maximum atomic E-state index is 5.69. The zero-order valence-electron chi connectivity index (χ0n) is 12.0. The van der Waals surface area contributed by atoms with Gasteiger partial charge >= 0.3 is 0 Å². The fourth-order valence-electron chi connectivity index (χ4n) is 1.93. The van der Waals surface area contributed by atoms with Crippen molar-refractivity contribution in [3.63, 3.8) is 0 Å². The van der Waals surface area contributed by atoms with Crippen LogP contribution in [-0.2, 0) is 12.2 Å². The molecule has 5 heteroatoms. The van der Waals surface area contributed by atoms with Gasteiger partial charge in [-0.3, -0.25) is 0 Å². The summed E-state index contributed by atoms with van der Waals surface area (Å²) >= 11 is 1.72. The Labute approximate surface area is 124 Å². The van der Waals surface area contributed by atoms with Crippen molar-refractivity contribution in [1.82, 2.24) is 10.1 Å². The summed E-state index contributed by atoms with van der Waals surface area (Å²) in [6.45, 7) is 4.88. The molecule has 0 saturated heterocycles. The second kappa shape index (κ2) is 7.45. The van der Waals surface area contributed by atoms with Crippen molar-refractivity contribution >= 4 is 11.8 Å². The van der Waals surface area contributed by atoms with E-state index in [4.69, 9.17) is 10.3 Å². The van der Waals surface area contributed by atoms with Gasteiger partial charge in [0, 0.05) is 11.3 Å². The van der Waals surface area contributed by atoms with Gasteiger partial charge in [-0.2, -0.15) is 4.98 Å². The molecule has 2 rings (SSSR count). The van der Waals surface area contributed by atoms with Gasteiger partial charge in [0.25, 0.3) is 0 Å². The molecule has 20 heavy (non-hydrogen) atoms. The molecule has 0 spiro atoms. The molecule has 1 heterocycles. The lowest BCUT2D eigenvalue weighted by Gasteiger charge is -2.07. The smallest absolute Gasteiger partial charge is 0.226 e. The predicted molar refractivity (Wildman–Crippen MR) is 81.6 cm³/mol. The van der Waals surface area contributed by atoms with E-state index in [0.29, 0.717) is 18.4 Å². The van der Waals surface area contributed by atoms with Crippen LogP contribution in [0.15, 0.2) is 33.7 Å². The van der Waals surface area contributed by atoms with Crippen LogP contribution in [0.3, 0.4) is 0 Å². The molecule has 4 nitrogen and oxygen atoms in total. The maximum absolute atomic E-state index is 5.69. The molecule has 2 aromatic rings. The standard InChI is InChI=1S/C15H21N3OS/c1-3-12(9-16)8-15-17-14(18-19-15)10-20-13-6-4-5-11(2)7-13/h4-7,12H,3,8-10,16H2,1-2H3. The van der Waals surface area contributed by atoms with E-state index in [0.717, 1.165) is 24.4 Å². The van der Waals surface area contributed by atoms with Crippen LogP contribution in [0.25, 0.3) is 0 Å². The molecule has 0 aliphatic rings. The summed E-state index contributed by atoms with van der Waals surface area (Å²) in [7, 11) is 0. The third-order valence-corrected chi connectivity index (χ3v) is 4.23. The lowest BCUT2D eigenvalue weighted by molar-refractivity contribution is 0.348. The van der Waals surface area contributed by atoms with Crippen molar-refractivity contribution in [3.8, 4) is 0 Å². The lowest BCUT2D eigenvalue weighted by Crippen LogP contribution is -2.16. The molecule has 0 aliphatic heterocycles. The minimum atomic E-state index is 0.424. The third-order valence-electron chi connectivity index (χ3n) is 3.24. The summed E-state index contributed by atoms with van der Waals surface area (Å²) in [4.78, 5) is 5.66. The van der Waals surface area contributed by atoms with Crippen LogP contribution < -0.4 is 5.73 Å². The number of benzene rings is 1. The molecule has 0 amide bonds. The Kier molecular flexibility index (Phi) is 5.61. The summed E-state index contributed by atoms with van der Waals surface area (Å²) in [5, 5.41) is 4.03. The molecule has 0 fully saturated rings. The van der Waals surface area contributed by atoms with Crippen LogP contribution in [0.5, 0.6) is 0 Å². The number of aromatic nitrogens is 2. The fourth-order valence-corrected chi connectivity index (χ4v) is 2.78. The summed E-state index contributed by atoms with van der Waals surface area (Å²) in [5.74, 6) is 2.60. The number of hydrogen-bond acceptors (Lipinski definition) is 5. The minimum absolute atomic E-state index is 0.424. The molecule has 0 radical (unpaired) electrons. The Morgan fingerprint density at radius 3 is 2.95 bits per heavy atom. The first-order valence-corrected chi connectivity index (χ1v) is 7.90. The number of thioether (sulfide) groups is 1. The Bertz CT molecular complexity index is 537. The zero-order valence-corrected chi connectivity index (χ0v) is 12.8. The van der Waals surface area contributed by atoms with E-state index in [2.05, 4.69) is 48.3 Å². The summed E-state index contributed by atoms with van der Waals surface area (Å²) in [6, 6.07) is 8.41. The molecule has 0 saturated carbocycles. The van der Waals surface area contributed by atoms with Crippen molar-refractivity contribution < 1.29 is 4.52 Å². The molecule has 1 aromatic heterocycles. The van der Waals surface area contributed by atoms with Crippen LogP contribution >= 0.6 is 11.8 Å². The van der Waals surface area contributed by atoms with E-state index >= 15 is 0 Å². The molecular formula is C15H21N3OS. The maximum Gasteiger partial charge on any atom is 0.226 e. The number of nitrogens with zero attached hydrogens (tertiary/aromatic N) is 2. The molecule has 2 N–H and O–H groups in total. The highest BCUT2D eigenvalue weighted by molar-refractivity contribution is 7.98. The van der Waals surface area contributed by atoms with Gasteiger partial charge in [-0.15, -0.1) is 11.8 Å². The second-order valence-corrected chi connectivity index (χ2v) is 5.97. The number of hydrogen-bond donors (Lipinski definition) is 1. The van der Waals surface area contributed by atoms with E-state index < -0.39 is 0 Å². The SMILES string of the molecule is CCC(CN)Cc1nc(CSc2cccc(C)c2)no1. The van der Waals surface area contributed by atoms with Gasteiger partial charge in [-0.05, 0) is 31.5 Å². The highest BCUT2D eigenvalue weighted by Gasteiger charge is 2.12. The van der Waals surface area contributed by atoms with Crippen LogP contribution in [0.2, 0.25) is 0 Å². The Morgan fingerprint density at radius 2 is 2.25 bits per heavy atom. The molecule has 0 aliphatic carbocycles. The van der Waals surface area contributed by atoms with Gasteiger partial charge in [-0.1, -0.05) is 36.2 Å². The first kappa shape index (κ1) is 15.1. The highest BCUT2D eigenvalue weighted by Crippen LogP contribution is 2.22. The Morgan fingerprint density at radius 1 is 1.40 bits per heavy atom. The summed E-state index contributed by atoms with van der Waals surface area (Å²) in [6.07, 6.45) is 1.81. The summed E-state index contributed by atoms with van der Waals surface area (Å²) < 4.78 is 5.28. The average molecular weight is 291 g/mol. The van der Waals surface area contributed by atoms with Gasteiger partial charge in [0.15, 0.2) is 5.82 Å². The number of aryl methyl sites for hydroxylation is 1. The van der Waals surface area contributed by atoms with E-state index in [9.17, 15) is 0 Å². The number of nitrogens with two attached hydrogens (primary N) is 1. The largest absolute Gasteiger partial charge is 0.339 e. The van der Waals surface area contributed by atoms with Crippen molar-refractivity contribution in [1.29, 1.82) is 0 Å². The molecule has 108 valence electrons. The van der Waals surface area contributed by atoms with E-state index in [1.165, 1.54) is 10.5 Å². The van der Waals surface area contributed by atoms with Crippen molar-refractivity contribution in [2.75, 3.05) is 6.54 Å². The highest BCUT2D eigenvalue weighted by atomic mass is 32.2. The van der Waals surface area contributed by atoms with E-state index in [-0.39, 0.29) is 0 Å². The first-order valence-electron chi connectivity index (χ1n) is 6.92. The number of rotatable bonds is 7. The Hall–Kier alpha value is -1.33. The van der Waals surface area contributed by atoms with Crippen LogP contribution in [0, 0.1) is 12.8 Å². The van der Waals surface area contributed by atoms with Crippen LogP contribution in [0.4, 0.5) is 0 Å². The zero-order chi connectivity index (χ0) is 14.4. The lowest BCUT2D eigenvalue weighted by atomic mass is 10.0. The predicted octanol–water partition coefficient (Wildman–Crippen LogP) is 3.20. The third kappa shape index (κ3) is 4.35. The van der Waals surface area contributed by atoms with Crippen molar-refractivity contribution in [2.45, 2.75) is 37.3 Å². The van der Waals surface area contributed by atoms with Crippen LogP contribution in [0.1, 0.15) is 30.6 Å². The second-order valence-electron chi connectivity index (χ2n) is 4.92.